The largest absolute Gasteiger partial charge is 0.496 e. The predicted molar refractivity (Wildman–Crippen MR) is 53.1 cm³/mol. The Bertz CT molecular complexity index is 341. The number of halogens is 1. The Morgan fingerprint density at radius 3 is 3.08 bits per heavy atom. The fourth-order valence-electron chi connectivity index (χ4n) is 1.49. The summed E-state index contributed by atoms with van der Waals surface area (Å²) < 4.78 is 11.6. The average molecular weight is 244 g/mol. The van der Waals surface area contributed by atoms with Crippen molar-refractivity contribution >= 4 is 15.9 Å². The zero-order valence-corrected chi connectivity index (χ0v) is 8.80. The maximum atomic E-state index is 5.87. The lowest BCUT2D eigenvalue weighted by Gasteiger charge is -2.08. The topological polar surface area (TPSA) is 44.5 Å². The third-order valence-corrected chi connectivity index (χ3v) is 2.73. The molecule has 0 spiro atoms. The second kappa shape index (κ2) is 3.20. The van der Waals surface area contributed by atoms with Gasteiger partial charge in [0.05, 0.1) is 23.2 Å². The minimum Gasteiger partial charge on any atom is -0.496 e. The normalized spacial score (nSPS) is 19.5. The second-order valence-electron chi connectivity index (χ2n) is 2.91. The van der Waals surface area contributed by atoms with Crippen LogP contribution in [-0.2, 0) is 0 Å². The molecule has 0 saturated heterocycles. The summed E-state index contributed by atoms with van der Waals surface area (Å²) in [6.45, 7) is 0.522. The Morgan fingerprint density at radius 1 is 1.62 bits per heavy atom. The first-order chi connectivity index (χ1) is 6.24. The van der Waals surface area contributed by atoms with E-state index in [4.69, 9.17) is 15.2 Å². The molecule has 1 aromatic carbocycles. The molecule has 0 aliphatic carbocycles. The summed E-state index contributed by atoms with van der Waals surface area (Å²) >= 11 is 3.40. The molecule has 2 N–H and O–H groups in total. The highest BCUT2D eigenvalue weighted by Gasteiger charge is 2.26. The smallest absolute Gasteiger partial charge is 0.142 e. The first-order valence-electron chi connectivity index (χ1n) is 3.99. The van der Waals surface area contributed by atoms with Gasteiger partial charge in [0.2, 0.25) is 0 Å². The molecule has 4 heteroatoms. The Morgan fingerprint density at radius 2 is 2.38 bits per heavy atom. The molecule has 0 fully saturated rings. The van der Waals surface area contributed by atoms with Gasteiger partial charge in [-0.25, -0.2) is 0 Å². The SMILES string of the molecule is COc1ccc(Br)c2c1[C@H](N)CO2. The molecule has 0 radical (unpaired) electrons. The van der Waals surface area contributed by atoms with Crippen LogP contribution in [0.25, 0.3) is 0 Å². The zero-order valence-electron chi connectivity index (χ0n) is 7.21. The van der Waals surface area contributed by atoms with Crippen LogP contribution >= 0.6 is 15.9 Å². The van der Waals surface area contributed by atoms with E-state index in [1.54, 1.807) is 7.11 Å². The first-order valence-corrected chi connectivity index (χ1v) is 4.78. The van der Waals surface area contributed by atoms with Gasteiger partial charge in [0.25, 0.3) is 0 Å². The number of ether oxygens (including phenoxy) is 2. The van der Waals surface area contributed by atoms with Crippen LogP contribution in [0.3, 0.4) is 0 Å². The number of hydrogen-bond acceptors (Lipinski definition) is 3. The molecule has 0 saturated carbocycles. The number of benzene rings is 1. The molecule has 13 heavy (non-hydrogen) atoms. The highest BCUT2D eigenvalue weighted by atomic mass is 79.9. The van der Waals surface area contributed by atoms with E-state index in [1.165, 1.54) is 0 Å². The van der Waals surface area contributed by atoms with E-state index in [-0.39, 0.29) is 6.04 Å². The van der Waals surface area contributed by atoms with Gasteiger partial charge in [-0.2, -0.15) is 0 Å². The van der Waals surface area contributed by atoms with Crippen LogP contribution in [0.15, 0.2) is 16.6 Å². The molecule has 1 atom stereocenters. The molecule has 0 amide bonds. The van der Waals surface area contributed by atoms with Crippen LogP contribution in [0.2, 0.25) is 0 Å². The zero-order chi connectivity index (χ0) is 9.42. The molecular formula is C9H10BrNO2. The Balaban J connectivity index is 2.60. The Kier molecular flexibility index (Phi) is 2.17. The van der Waals surface area contributed by atoms with Crippen LogP contribution < -0.4 is 15.2 Å². The minimum atomic E-state index is -0.0811. The van der Waals surface area contributed by atoms with Gasteiger partial charge in [-0.15, -0.1) is 0 Å². The van der Waals surface area contributed by atoms with Crippen molar-refractivity contribution in [2.45, 2.75) is 6.04 Å². The summed E-state index contributed by atoms with van der Waals surface area (Å²) in [6, 6.07) is 3.70. The molecule has 3 nitrogen and oxygen atoms in total. The van der Waals surface area contributed by atoms with Crippen molar-refractivity contribution in [1.29, 1.82) is 0 Å². The number of methoxy groups -OCH3 is 1. The van der Waals surface area contributed by atoms with Crippen molar-refractivity contribution in [3.05, 3.63) is 22.2 Å². The van der Waals surface area contributed by atoms with Gasteiger partial charge in [0.1, 0.15) is 18.1 Å². The van der Waals surface area contributed by atoms with Crippen LogP contribution in [-0.4, -0.2) is 13.7 Å². The lowest BCUT2D eigenvalue weighted by Crippen LogP contribution is -2.11. The fraction of sp³-hybridized carbons (Fsp3) is 0.333. The van der Waals surface area contributed by atoms with Gasteiger partial charge in [-0.3, -0.25) is 0 Å². The van der Waals surface area contributed by atoms with Crippen molar-refractivity contribution in [3.63, 3.8) is 0 Å². The summed E-state index contributed by atoms with van der Waals surface area (Å²) in [4.78, 5) is 0. The van der Waals surface area contributed by atoms with E-state index in [0.717, 1.165) is 21.5 Å². The van der Waals surface area contributed by atoms with Gasteiger partial charge in [0.15, 0.2) is 0 Å². The molecule has 0 bridgehead atoms. The van der Waals surface area contributed by atoms with Gasteiger partial charge in [-0.05, 0) is 28.1 Å². The summed E-state index contributed by atoms with van der Waals surface area (Å²) in [6.07, 6.45) is 0. The van der Waals surface area contributed by atoms with E-state index in [0.29, 0.717) is 6.61 Å². The van der Waals surface area contributed by atoms with Crippen LogP contribution in [0.1, 0.15) is 11.6 Å². The van der Waals surface area contributed by atoms with Crippen LogP contribution in [0.4, 0.5) is 0 Å². The maximum Gasteiger partial charge on any atom is 0.142 e. The van der Waals surface area contributed by atoms with Gasteiger partial charge < -0.3 is 15.2 Å². The highest BCUT2D eigenvalue weighted by Crippen LogP contribution is 2.42. The first kappa shape index (κ1) is 8.84. The third-order valence-electron chi connectivity index (χ3n) is 2.11. The Hall–Kier alpha value is -0.740. The van der Waals surface area contributed by atoms with E-state index < -0.39 is 0 Å². The van der Waals surface area contributed by atoms with Crippen LogP contribution in [0, 0.1) is 0 Å². The van der Waals surface area contributed by atoms with Crippen molar-refractivity contribution in [2.75, 3.05) is 13.7 Å². The van der Waals surface area contributed by atoms with Crippen molar-refractivity contribution < 1.29 is 9.47 Å². The molecule has 1 aromatic rings. The average Bonchev–Trinajstić information content (AvgIpc) is 2.51. The molecule has 2 rings (SSSR count). The van der Waals surface area contributed by atoms with E-state index in [9.17, 15) is 0 Å². The molecular weight excluding hydrogens is 234 g/mol. The van der Waals surface area contributed by atoms with Gasteiger partial charge in [0, 0.05) is 0 Å². The minimum absolute atomic E-state index is 0.0811. The third kappa shape index (κ3) is 1.30. The van der Waals surface area contributed by atoms with Gasteiger partial charge >= 0.3 is 0 Å². The molecule has 0 unspecified atom stereocenters. The number of rotatable bonds is 1. The lowest BCUT2D eigenvalue weighted by molar-refractivity contribution is 0.331. The van der Waals surface area contributed by atoms with Crippen molar-refractivity contribution in [3.8, 4) is 11.5 Å². The molecule has 0 aromatic heterocycles. The number of nitrogens with two attached hydrogens (primary N) is 1. The highest BCUT2D eigenvalue weighted by molar-refractivity contribution is 9.10. The summed E-state index contributed by atoms with van der Waals surface area (Å²) in [7, 11) is 1.63. The molecule has 1 aliphatic rings. The molecule has 1 aliphatic heterocycles. The van der Waals surface area contributed by atoms with Crippen LogP contribution in [0.5, 0.6) is 11.5 Å². The number of fused-ring (bicyclic) bond motifs is 1. The van der Waals surface area contributed by atoms with Crippen molar-refractivity contribution in [1.82, 2.24) is 0 Å². The fourth-order valence-corrected chi connectivity index (χ4v) is 1.95. The number of hydrogen-bond donors (Lipinski definition) is 1. The summed E-state index contributed by atoms with van der Waals surface area (Å²) in [5, 5.41) is 0. The second-order valence-corrected chi connectivity index (χ2v) is 3.76. The van der Waals surface area contributed by atoms with E-state index in [2.05, 4.69) is 15.9 Å². The predicted octanol–water partition coefficient (Wildman–Crippen LogP) is 1.85. The quantitative estimate of drug-likeness (QED) is 0.819. The van der Waals surface area contributed by atoms with Gasteiger partial charge in [-0.1, -0.05) is 0 Å². The lowest BCUT2D eigenvalue weighted by atomic mass is 10.1. The van der Waals surface area contributed by atoms with E-state index >= 15 is 0 Å². The summed E-state index contributed by atoms with van der Waals surface area (Å²) in [5.74, 6) is 1.61. The molecule has 1 heterocycles. The standard InChI is InChI=1S/C9H10BrNO2/c1-12-7-3-2-5(10)9-8(7)6(11)4-13-9/h2-3,6H,4,11H2,1H3/t6-/m1/s1. The molecule has 70 valence electrons. The Labute approximate surface area is 85.0 Å². The maximum absolute atomic E-state index is 5.87. The van der Waals surface area contributed by atoms with E-state index in [1.807, 2.05) is 12.1 Å². The monoisotopic (exact) mass is 243 g/mol. The van der Waals surface area contributed by atoms with Crippen molar-refractivity contribution in [2.24, 2.45) is 5.73 Å². The summed E-state index contributed by atoms with van der Waals surface area (Å²) in [5.41, 5.74) is 6.82.